The third-order valence-corrected chi connectivity index (χ3v) is 3.96. The van der Waals surface area contributed by atoms with Gasteiger partial charge in [-0.1, -0.05) is 30.3 Å². The van der Waals surface area contributed by atoms with Crippen molar-refractivity contribution in [2.75, 3.05) is 6.54 Å². The topological polar surface area (TPSA) is 119 Å². The SMILES string of the molecule is CC(C)(N)C(=O)NCC(=N)N(Cc1ccncc1)C(=N)Cc1ccccc1. The lowest BCUT2D eigenvalue weighted by Gasteiger charge is -2.27. The zero-order valence-corrected chi connectivity index (χ0v) is 15.7. The van der Waals surface area contributed by atoms with Gasteiger partial charge in [-0.15, -0.1) is 0 Å². The molecule has 0 fully saturated rings. The number of amidine groups is 2. The van der Waals surface area contributed by atoms with E-state index in [0.717, 1.165) is 11.1 Å². The molecule has 0 bridgehead atoms. The predicted octanol–water partition coefficient (Wildman–Crippen LogP) is 1.93. The van der Waals surface area contributed by atoms with E-state index in [-0.39, 0.29) is 24.1 Å². The van der Waals surface area contributed by atoms with Crippen LogP contribution < -0.4 is 11.1 Å². The number of rotatable bonds is 7. The molecule has 2 rings (SSSR count). The van der Waals surface area contributed by atoms with Gasteiger partial charge in [0.05, 0.1) is 18.6 Å². The maximum absolute atomic E-state index is 12.0. The Balaban J connectivity index is 2.12. The normalized spacial score (nSPS) is 10.9. The highest BCUT2D eigenvalue weighted by Crippen LogP contribution is 2.09. The van der Waals surface area contributed by atoms with Crippen LogP contribution in [0.4, 0.5) is 0 Å². The molecule has 0 unspecified atom stereocenters. The van der Waals surface area contributed by atoms with E-state index in [2.05, 4.69) is 10.3 Å². The first-order chi connectivity index (χ1) is 12.8. The quantitative estimate of drug-likeness (QED) is 0.442. The van der Waals surface area contributed by atoms with Crippen LogP contribution in [0.5, 0.6) is 0 Å². The molecule has 0 radical (unpaired) electrons. The van der Waals surface area contributed by atoms with Crippen molar-refractivity contribution in [3.63, 3.8) is 0 Å². The minimum atomic E-state index is -1.02. The molecule has 7 nitrogen and oxygen atoms in total. The Labute approximate surface area is 159 Å². The van der Waals surface area contributed by atoms with Gasteiger partial charge >= 0.3 is 0 Å². The van der Waals surface area contributed by atoms with Crippen LogP contribution in [-0.2, 0) is 17.8 Å². The van der Waals surface area contributed by atoms with Gasteiger partial charge in [0, 0.05) is 18.8 Å². The zero-order chi connectivity index (χ0) is 19.9. The first-order valence-corrected chi connectivity index (χ1v) is 8.70. The average molecular weight is 366 g/mol. The molecule has 0 spiro atoms. The number of hydrogen-bond donors (Lipinski definition) is 4. The molecule has 1 amide bonds. The second kappa shape index (κ2) is 9.05. The zero-order valence-electron chi connectivity index (χ0n) is 15.7. The molecular formula is C20H26N6O. The maximum Gasteiger partial charge on any atom is 0.239 e. The predicted molar refractivity (Wildman–Crippen MR) is 107 cm³/mol. The maximum atomic E-state index is 12.0. The number of carbonyl (C=O) groups excluding carboxylic acids is 1. The van der Waals surface area contributed by atoms with E-state index >= 15 is 0 Å². The number of benzene rings is 1. The van der Waals surface area contributed by atoms with E-state index in [9.17, 15) is 4.79 Å². The fourth-order valence-corrected chi connectivity index (χ4v) is 2.40. The van der Waals surface area contributed by atoms with Gasteiger partial charge in [-0.05, 0) is 37.1 Å². The third-order valence-electron chi connectivity index (χ3n) is 3.96. The highest BCUT2D eigenvalue weighted by atomic mass is 16.2. The van der Waals surface area contributed by atoms with Crippen LogP contribution in [0, 0.1) is 10.8 Å². The van der Waals surface area contributed by atoms with Crippen molar-refractivity contribution < 1.29 is 4.79 Å². The van der Waals surface area contributed by atoms with E-state index in [4.69, 9.17) is 16.6 Å². The molecule has 1 aromatic carbocycles. The Morgan fingerprint density at radius 2 is 1.70 bits per heavy atom. The molecule has 7 heteroatoms. The molecule has 27 heavy (non-hydrogen) atoms. The van der Waals surface area contributed by atoms with E-state index in [1.165, 1.54) is 0 Å². The minimum absolute atomic E-state index is 0.00170. The second-order valence-corrected chi connectivity index (χ2v) is 6.90. The monoisotopic (exact) mass is 366 g/mol. The Morgan fingerprint density at radius 1 is 1.07 bits per heavy atom. The number of aromatic nitrogens is 1. The van der Waals surface area contributed by atoms with Gasteiger partial charge in [-0.3, -0.25) is 20.6 Å². The summed E-state index contributed by atoms with van der Waals surface area (Å²) >= 11 is 0. The van der Waals surface area contributed by atoms with Crippen LogP contribution in [0.15, 0.2) is 54.9 Å². The molecule has 142 valence electrons. The Hall–Kier alpha value is -3.06. The Morgan fingerprint density at radius 3 is 2.30 bits per heavy atom. The van der Waals surface area contributed by atoms with Crippen molar-refractivity contribution in [1.29, 1.82) is 10.8 Å². The molecule has 5 N–H and O–H groups in total. The van der Waals surface area contributed by atoms with E-state index < -0.39 is 5.54 Å². The number of nitrogens with one attached hydrogen (secondary N) is 3. The van der Waals surface area contributed by atoms with Gasteiger partial charge in [-0.2, -0.15) is 0 Å². The third kappa shape index (κ3) is 6.31. The minimum Gasteiger partial charge on any atom is -0.347 e. The van der Waals surface area contributed by atoms with Crippen LogP contribution >= 0.6 is 0 Å². The lowest BCUT2D eigenvalue weighted by molar-refractivity contribution is -0.124. The number of nitrogens with two attached hydrogens (primary N) is 1. The Kier molecular flexibility index (Phi) is 6.79. The summed E-state index contributed by atoms with van der Waals surface area (Å²) in [4.78, 5) is 17.6. The van der Waals surface area contributed by atoms with E-state index in [0.29, 0.717) is 13.0 Å². The summed E-state index contributed by atoms with van der Waals surface area (Å²) in [5, 5.41) is 19.6. The fourth-order valence-electron chi connectivity index (χ4n) is 2.40. The molecule has 0 aliphatic carbocycles. The van der Waals surface area contributed by atoms with Gasteiger partial charge < -0.3 is 16.0 Å². The number of amides is 1. The summed E-state index contributed by atoms with van der Waals surface area (Å²) < 4.78 is 0. The van der Waals surface area contributed by atoms with Crippen molar-refractivity contribution in [3.8, 4) is 0 Å². The molecule has 1 heterocycles. The molecular weight excluding hydrogens is 340 g/mol. The van der Waals surface area contributed by atoms with Gasteiger partial charge in [0.1, 0.15) is 11.7 Å². The fraction of sp³-hybridized carbons (Fsp3) is 0.300. The standard InChI is InChI=1S/C20H26N6O/c1-20(2,23)19(27)25-13-18(22)26(14-16-8-10-24-11-9-16)17(21)12-15-6-4-3-5-7-15/h3-11,21-22H,12-14,23H2,1-2H3,(H,25,27). The lowest BCUT2D eigenvalue weighted by atomic mass is 10.1. The molecule has 2 aromatic rings. The summed E-state index contributed by atoms with van der Waals surface area (Å²) in [5.74, 6) is 0.0697. The van der Waals surface area contributed by atoms with Crippen molar-refractivity contribution in [2.45, 2.75) is 32.4 Å². The summed E-state index contributed by atoms with van der Waals surface area (Å²) in [5.41, 5.74) is 6.68. The number of pyridine rings is 1. The van der Waals surface area contributed by atoms with Crippen LogP contribution in [0.3, 0.4) is 0 Å². The van der Waals surface area contributed by atoms with Gasteiger partial charge in [0.15, 0.2) is 0 Å². The van der Waals surface area contributed by atoms with Crippen molar-refractivity contribution in [2.24, 2.45) is 5.73 Å². The van der Waals surface area contributed by atoms with Crippen LogP contribution in [-0.4, -0.2) is 39.5 Å². The average Bonchev–Trinajstić information content (AvgIpc) is 2.64. The summed E-state index contributed by atoms with van der Waals surface area (Å²) in [6.07, 6.45) is 3.75. The van der Waals surface area contributed by atoms with Crippen LogP contribution in [0.2, 0.25) is 0 Å². The molecule has 1 aromatic heterocycles. The van der Waals surface area contributed by atoms with Gasteiger partial charge in [-0.25, -0.2) is 0 Å². The van der Waals surface area contributed by atoms with Crippen LogP contribution in [0.1, 0.15) is 25.0 Å². The first-order valence-electron chi connectivity index (χ1n) is 8.70. The van der Waals surface area contributed by atoms with Crippen LogP contribution in [0.25, 0.3) is 0 Å². The van der Waals surface area contributed by atoms with Gasteiger partial charge in [0.2, 0.25) is 5.91 Å². The molecule has 0 atom stereocenters. The van der Waals surface area contributed by atoms with E-state index in [1.54, 1.807) is 31.1 Å². The summed E-state index contributed by atoms with van der Waals surface area (Å²) in [6, 6.07) is 13.3. The number of nitrogens with zero attached hydrogens (tertiary/aromatic N) is 2. The lowest BCUT2D eigenvalue weighted by Crippen LogP contribution is -2.52. The largest absolute Gasteiger partial charge is 0.347 e. The molecule has 0 aliphatic heterocycles. The summed E-state index contributed by atoms with van der Waals surface area (Å²) in [7, 11) is 0. The first kappa shape index (κ1) is 20.3. The van der Waals surface area contributed by atoms with Crippen molar-refractivity contribution in [1.82, 2.24) is 15.2 Å². The molecule has 0 aliphatic rings. The van der Waals surface area contributed by atoms with Crippen molar-refractivity contribution >= 4 is 17.6 Å². The van der Waals surface area contributed by atoms with E-state index in [1.807, 2.05) is 42.5 Å². The molecule has 0 saturated carbocycles. The van der Waals surface area contributed by atoms with Gasteiger partial charge in [0.25, 0.3) is 0 Å². The number of hydrogen-bond acceptors (Lipinski definition) is 5. The Bertz CT molecular complexity index is 783. The highest BCUT2D eigenvalue weighted by molar-refractivity contribution is 6.01. The summed E-state index contributed by atoms with van der Waals surface area (Å²) in [6.45, 7) is 3.58. The smallest absolute Gasteiger partial charge is 0.239 e. The second-order valence-electron chi connectivity index (χ2n) is 6.90. The van der Waals surface area contributed by atoms with Crippen molar-refractivity contribution in [3.05, 3.63) is 66.0 Å². The molecule has 0 saturated heterocycles. The highest BCUT2D eigenvalue weighted by Gasteiger charge is 2.23. The number of carbonyl (C=O) groups is 1.